The minimum Gasteiger partial charge on any atom is -0.439 e. The van der Waals surface area contributed by atoms with Crippen LogP contribution < -0.4 is 4.74 Å². The third-order valence-corrected chi connectivity index (χ3v) is 5.34. The molecule has 132 valence electrons. The molecule has 0 spiro atoms. The van der Waals surface area contributed by atoms with Crippen LogP contribution in [0.4, 0.5) is 0 Å². The van der Waals surface area contributed by atoms with Gasteiger partial charge >= 0.3 is 0 Å². The minimum atomic E-state index is -3.45. The fraction of sp³-hybridized carbons (Fsp3) is 0.158. The molecule has 2 aliphatic rings. The predicted octanol–water partition coefficient (Wildman–Crippen LogP) is 3.22. The summed E-state index contributed by atoms with van der Waals surface area (Å²) in [6.45, 7) is 0.620. The van der Waals surface area contributed by atoms with E-state index in [2.05, 4.69) is 9.38 Å². The molecule has 0 unspecified atom stereocenters. The monoisotopic (exact) mass is 367 g/mol. The molecule has 2 aromatic rings. The molecular weight excluding hydrogens is 350 g/mol. The smallest absolute Gasteiger partial charge is 0.255 e. The van der Waals surface area contributed by atoms with Crippen molar-refractivity contribution in [2.45, 2.75) is 6.42 Å². The first-order valence-corrected chi connectivity index (χ1v) is 9.89. The number of para-hydroxylation sites is 1. The van der Waals surface area contributed by atoms with E-state index in [-0.39, 0.29) is 5.75 Å². The molecule has 0 N–H and O–H groups in total. The molecule has 6 nitrogen and oxygen atoms in total. The summed E-state index contributed by atoms with van der Waals surface area (Å²) in [5.74, 6) is 1.69. The van der Waals surface area contributed by atoms with Crippen molar-refractivity contribution in [3.8, 4) is 11.6 Å². The van der Waals surface area contributed by atoms with Gasteiger partial charge in [-0.1, -0.05) is 18.2 Å². The molecule has 0 aliphatic carbocycles. The van der Waals surface area contributed by atoms with Crippen LogP contribution in [0.15, 0.2) is 71.4 Å². The molecule has 0 saturated heterocycles. The molecule has 4 rings (SSSR count). The summed E-state index contributed by atoms with van der Waals surface area (Å²) < 4.78 is 33.8. The summed E-state index contributed by atoms with van der Waals surface area (Å²) in [6, 6.07) is 13.0. The zero-order chi connectivity index (χ0) is 18.0. The van der Waals surface area contributed by atoms with Crippen LogP contribution in [-0.2, 0) is 10.0 Å². The van der Waals surface area contributed by atoms with Crippen LogP contribution in [0.2, 0.25) is 0 Å². The van der Waals surface area contributed by atoms with Crippen LogP contribution in [0.3, 0.4) is 0 Å². The number of aromatic nitrogens is 1. The first-order chi connectivity index (χ1) is 12.6. The first kappa shape index (κ1) is 16.5. The van der Waals surface area contributed by atoms with Crippen LogP contribution in [0.25, 0.3) is 5.57 Å². The van der Waals surface area contributed by atoms with Gasteiger partial charge in [-0.3, -0.25) is 0 Å². The number of benzene rings is 1. The predicted molar refractivity (Wildman–Crippen MR) is 100 cm³/mol. The van der Waals surface area contributed by atoms with Crippen molar-refractivity contribution >= 4 is 21.4 Å². The highest BCUT2D eigenvalue weighted by Crippen LogP contribution is 2.26. The molecule has 0 amide bonds. The van der Waals surface area contributed by atoms with Crippen LogP contribution in [0.1, 0.15) is 12.0 Å². The van der Waals surface area contributed by atoms with Gasteiger partial charge in [0, 0.05) is 36.1 Å². The van der Waals surface area contributed by atoms with Crippen LogP contribution >= 0.6 is 0 Å². The third-order valence-electron chi connectivity index (χ3n) is 4.08. The van der Waals surface area contributed by atoms with E-state index in [1.54, 1.807) is 12.3 Å². The van der Waals surface area contributed by atoms with Crippen molar-refractivity contribution < 1.29 is 13.2 Å². The number of allylic oxidation sites excluding steroid dienone is 2. The lowest BCUT2D eigenvalue weighted by Crippen LogP contribution is -2.28. The molecular formula is C19H17N3O3S. The number of ether oxygens (including phenoxy) is 1. The van der Waals surface area contributed by atoms with E-state index in [0.29, 0.717) is 30.4 Å². The maximum atomic E-state index is 12.1. The number of nitrogens with zero attached hydrogens (tertiary/aromatic N) is 3. The van der Waals surface area contributed by atoms with Crippen LogP contribution in [-0.4, -0.2) is 36.4 Å². The van der Waals surface area contributed by atoms with Gasteiger partial charge in [0.05, 0.1) is 5.75 Å². The summed E-state index contributed by atoms with van der Waals surface area (Å²) in [4.78, 5) is 6.21. The highest BCUT2D eigenvalue weighted by molar-refractivity contribution is 7.90. The van der Waals surface area contributed by atoms with E-state index in [1.807, 2.05) is 59.7 Å². The maximum Gasteiger partial charge on any atom is 0.255 e. The van der Waals surface area contributed by atoms with Gasteiger partial charge in [0.15, 0.2) is 5.84 Å². The molecule has 2 aliphatic heterocycles. The largest absolute Gasteiger partial charge is 0.439 e. The Kier molecular flexibility index (Phi) is 4.30. The van der Waals surface area contributed by atoms with Crippen molar-refractivity contribution in [3.63, 3.8) is 0 Å². The standard InChI is InChI=1S/C19H17N3O3S/c23-26(24)13-5-12-22-11-4-8-17(19(22)21-26)15-9-10-18(20-14-15)25-16-6-2-1-3-7-16/h1-4,6-11,14H,5,12-13H2. The second-order valence-electron chi connectivity index (χ2n) is 5.97. The number of sulfonamides is 1. The van der Waals surface area contributed by atoms with Gasteiger partial charge in [0.25, 0.3) is 10.0 Å². The molecule has 0 bridgehead atoms. The zero-order valence-corrected chi connectivity index (χ0v) is 14.8. The first-order valence-electron chi connectivity index (χ1n) is 8.28. The van der Waals surface area contributed by atoms with Gasteiger partial charge in [-0.05, 0) is 36.8 Å². The van der Waals surface area contributed by atoms with E-state index in [0.717, 1.165) is 11.1 Å². The Morgan fingerprint density at radius 3 is 2.69 bits per heavy atom. The molecule has 0 radical (unpaired) electrons. The molecule has 7 heteroatoms. The quantitative estimate of drug-likeness (QED) is 0.833. The number of fused-ring (bicyclic) bond motifs is 1. The SMILES string of the molecule is O=S1(=O)CCCN2C=CC=C(c3ccc(Oc4ccccc4)nc3)C2=N1. The lowest BCUT2D eigenvalue weighted by Gasteiger charge is -2.24. The van der Waals surface area contributed by atoms with Crippen molar-refractivity contribution in [2.75, 3.05) is 12.3 Å². The van der Waals surface area contributed by atoms with Gasteiger partial charge in [-0.15, -0.1) is 4.40 Å². The average Bonchev–Trinajstić information content (AvgIpc) is 2.80. The summed E-state index contributed by atoms with van der Waals surface area (Å²) in [5.41, 5.74) is 1.52. The van der Waals surface area contributed by atoms with Crippen LogP contribution in [0, 0.1) is 0 Å². The molecule has 0 saturated carbocycles. The van der Waals surface area contributed by atoms with E-state index < -0.39 is 10.0 Å². The van der Waals surface area contributed by atoms with Crippen molar-refractivity contribution in [1.82, 2.24) is 9.88 Å². The Morgan fingerprint density at radius 2 is 1.92 bits per heavy atom. The minimum absolute atomic E-state index is 0.0657. The van der Waals surface area contributed by atoms with E-state index >= 15 is 0 Å². The lowest BCUT2D eigenvalue weighted by atomic mass is 10.0. The molecule has 3 heterocycles. The number of hydrogen-bond donors (Lipinski definition) is 0. The Hall–Kier alpha value is -2.93. The normalized spacial score (nSPS) is 18.4. The third kappa shape index (κ3) is 3.52. The zero-order valence-electron chi connectivity index (χ0n) is 13.9. The maximum absolute atomic E-state index is 12.1. The Balaban J connectivity index is 1.63. The van der Waals surface area contributed by atoms with Crippen molar-refractivity contribution in [3.05, 3.63) is 72.6 Å². The average molecular weight is 367 g/mol. The Labute approximate surface area is 152 Å². The number of amidine groups is 1. The summed E-state index contributed by atoms with van der Waals surface area (Å²) in [7, 11) is -3.45. The van der Waals surface area contributed by atoms with Gasteiger partial charge in [-0.25, -0.2) is 13.4 Å². The summed E-state index contributed by atoms with van der Waals surface area (Å²) in [6.07, 6.45) is 7.81. The number of rotatable bonds is 3. The van der Waals surface area contributed by atoms with E-state index in [1.165, 1.54) is 0 Å². The molecule has 0 fully saturated rings. The lowest BCUT2D eigenvalue weighted by molar-refractivity contribution is 0.463. The molecule has 1 aromatic heterocycles. The highest BCUT2D eigenvalue weighted by atomic mass is 32.2. The van der Waals surface area contributed by atoms with Gasteiger partial charge in [-0.2, -0.15) is 0 Å². The topological polar surface area (TPSA) is 71.9 Å². The van der Waals surface area contributed by atoms with Gasteiger partial charge < -0.3 is 9.64 Å². The Bertz CT molecular complexity index is 994. The van der Waals surface area contributed by atoms with E-state index in [4.69, 9.17) is 4.74 Å². The summed E-state index contributed by atoms with van der Waals surface area (Å²) >= 11 is 0. The van der Waals surface area contributed by atoms with Crippen molar-refractivity contribution in [2.24, 2.45) is 4.40 Å². The molecule has 0 atom stereocenters. The Morgan fingerprint density at radius 1 is 1.08 bits per heavy atom. The van der Waals surface area contributed by atoms with Gasteiger partial charge in [0.2, 0.25) is 5.88 Å². The van der Waals surface area contributed by atoms with Gasteiger partial charge in [0.1, 0.15) is 5.75 Å². The second kappa shape index (κ2) is 6.76. The number of pyridine rings is 1. The molecule has 1 aromatic carbocycles. The fourth-order valence-electron chi connectivity index (χ4n) is 2.85. The summed E-state index contributed by atoms with van der Waals surface area (Å²) in [5, 5.41) is 0. The van der Waals surface area contributed by atoms with E-state index in [9.17, 15) is 8.42 Å². The molecule has 26 heavy (non-hydrogen) atoms. The fourth-order valence-corrected chi connectivity index (χ4v) is 3.91. The number of hydrogen-bond acceptors (Lipinski definition) is 5. The van der Waals surface area contributed by atoms with Crippen molar-refractivity contribution in [1.29, 1.82) is 0 Å². The second-order valence-corrected chi connectivity index (χ2v) is 7.72. The van der Waals surface area contributed by atoms with Crippen LogP contribution in [0.5, 0.6) is 11.6 Å². The highest BCUT2D eigenvalue weighted by Gasteiger charge is 2.25.